The lowest BCUT2D eigenvalue weighted by molar-refractivity contribution is -0.127. The van der Waals surface area contributed by atoms with Gasteiger partial charge < -0.3 is 16.8 Å². The Morgan fingerprint density at radius 1 is 1.45 bits per heavy atom. The molecule has 2 amide bonds. The fraction of sp³-hybridized carbons (Fsp3) is 0.571. The van der Waals surface area contributed by atoms with Gasteiger partial charge in [-0.15, -0.1) is 11.3 Å². The van der Waals surface area contributed by atoms with Gasteiger partial charge in [-0.1, -0.05) is 6.92 Å². The molecule has 0 saturated heterocycles. The average Bonchev–Trinajstić information content (AvgIpc) is 2.88. The van der Waals surface area contributed by atoms with E-state index in [1.54, 1.807) is 11.4 Å². The van der Waals surface area contributed by atoms with Crippen molar-refractivity contribution in [2.24, 2.45) is 22.8 Å². The number of nitrogens with two attached hydrogens (primary N) is 2. The molecule has 1 aromatic heterocycles. The van der Waals surface area contributed by atoms with Crippen LogP contribution < -0.4 is 16.8 Å². The van der Waals surface area contributed by atoms with E-state index in [-0.39, 0.29) is 5.91 Å². The highest BCUT2D eigenvalue weighted by Crippen LogP contribution is 2.39. The van der Waals surface area contributed by atoms with Crippen LogP contribution in [0.15, 0.2) is 11.4 Å². The zero-order chi connectivity index (χ0) is 14.8. The monoisotopic (exact) mass is 295 g/mol. The second kappa shape index (κ2) is 5.93. The van der Waals surface area contributed by atoms with Crippen molar-refractivity contribution in [1.29, 1.82) is 0 Å². The highest BCUT2D eigenvalue weighted by Gasteiger charge is 2.40. The molecule has 1 heterocycles. The topological polar surface area (TPSA) is 98.2 Å². The van der Waals surface area contributed by atoms with E-state index in [1.165, 1.54) is 11.3 Å². The van der Waals surface area contributed by atoms with Gasteiger partial charge in [-0.25, -0.2) is 0 Å². The van der Waals surface area contributed by atoms with Gasteiger partial charge in [0.05, 0.1) is 11.0 Å². The van der Waals surface area contributed by atoms with Gasteiger partial charge in [0.1, 0.15) is 5.00 Å². The van der Waals surface area contributed by atoms with Gasteiger partial charge in [-0.05, 0) is 43.0 Å². The van der Waals surface area contributed by atoms with E-state index in [0.29, 0.717) is 23.0 Å². The molecule has 0 spiro atoms. The van der Waals surface area contributed by atoms with Gasteiger partial charge in [0, 0.05) is 6.54 Å². The number of amides is 2. The third-order valence-electron chi connectivity index (χ3n) is 4.26. The Morgan fingerprint density at radius 2 is 2.10 bits per heavy atom. The van der Waals surface area contributed by atoms with Crippen LogP contribution in [-0.4, -0.2) is 18.4 Å². The molecule has 20 heavy (non-hydrogen) atoms. The number of rotatable bonds is 4. The van der Waals surface area contributed by atoms with Crippen LogP contribution in [0.4, 0.5) is 5.00 Å². The summed E-state index contributed by atoms with van der Waals surface area (Å²) in [5.74, 6) is 0.0304. The van der Waals surface area contributed by atoms with Crippen molar-refractivity contribution in [2.45, 2.75) is 32.6 Å². The molecular weight excluding hydrogens is 274 g/mol. The SMILES string of the molecule is CC1CCC(CN)(C(=O)Nc2sccc2C(N)=O)CC1. The lowest BCUT2D eigenvalue weighted by Gasteiger charge is -2.37. The summed E-state index contributed by atoms with van der Waals surface area (Å²) in [5.41, 5.74) is 11.0. The normalized spacial score (nSPS) is 26.2. The second-order valence-electron chi connectivity index (χ2n) is 5.65. The molecule has 1 aliphatic rings. The molecule has 1 aromatic rings. The molecular formula is C14H21N3O2S. The third kappa shape index (κ3) is 2.86. The van der Waals surface area contributed by atoms with E-state index in [4.69, 9.17) is 11.5 Å². The maximum absolute atomic E-state index is 12.6. The van der Waals surface area contributed by atoms with Crippen molar-refractivity contribution >= 4 is 28.2 Å². The Balaban J connectivity index is 2.14. The van der Waals surface area contributed by atoms with Crippen LogP contribution in [0.3, 0.4) is 0 Å². The van der Waals surface area contributed by atoms with E-state index in [1.807, 2.05) is 0 Å². The molecule has 5 nitrogen and oxygen atoms in total. The highest BCUT2D eigenvalue weighted by molar-refractivity contribution is 7.14. The molecule has 0 atom stereocenters. The second-order valence-corrected chi connectivity index (χ2v) is 6.56. The Hall–Kier alpha value is -1.40. The van der Waals surface area contributed by atoms with Gasteiger partial charge in [-0.3, -0.25) is 9.59 Å². The number of nitrogens with one attached hydrogen (secondary N) is 1. The summed E-state index contributed by atoms with van der Waals surface area (Å²) >= 11 is 1.31. The molecule has 5 N–H and O–H groups in total. The lowest BCUT2D eigenvalue weighted by Crippen LogP contribution is -2.44. The molecule has 0 bridgehead atoms. The highest BCUT2D eigenvalue weighted by atomic mass is 32.1. The molecule has 2 rings (SSSR count). The molecule has 1 saturated carbocycles. The number of thiophene rings is 1. The molecule has 0 aromatic carbocycles. The Morgan fingerprint density at radius 3 is 2.65 bits per heavy atom. The first kappa shape index (κ1) is 15.0. The largest absolute Gasteiger partial charge is 0.366 e. The first-order valence-electron chi connectivity index (χ1n) is 6.87. The summed E-state index contributed by atoms with van der Waals surface area (Å²) in [7, 11) is 0. The fourth-order valence-electron chi connectivity index (χ4n) is 2.67. The van der Waals surface area contributed by atoms with Crippen molar-refractivity contribution in [1.82, 2.24) is 0 Å². The van der Waals surface area contributed by atoms with Crippen LogP contribution in [0.2, 0.25) is 0 Å². The molecule has 1 aliphatic carbocycles. The predicted molar refractivity (Wildman–Crippen MR) is 80.6 cm³/mol. The Kier molecular flexibility index (Phi) is 4.45. The van der Waals surface area contributed by atoms with Crippen molar-refractivity contribution in [2.75, 3.05) is 11.9 Å². The van der Waals surface area contributed by atoms with Gasteiger partial charge >= 0.3 is 0 Å². The van der Waals surface area contributed by atoms with Gasteiger partial charge in [0.15, 0.2) is 0 Å². The summed E-state index contributed by atoms with van der Waals surface area (Å²) in [4.78, 5) is 23.8. The standard InChI is InChI=1S/C14H21N3O2S/c1-9-2-5-14(8-15,6-3-9)13(19)17-12-10(11(16)18)4-7-20-12/h4,7,9H,2-3,5-6,8,15H2,1H3,(H2,16,18)(H,17,19). The van der Waals surface area contributed by atoms with E-state index in [9.17, 15) is 9.59 Å². The summed E-state index contributed by atoms with van der Waals surface area (Å²) in [6.45, 7) is 2.53. The first-order valence-corrected chi connectivity index (χ1v) is 7.75. The number of hydrogen-bond donors (Lipinski definition) is 3. The van der Waals surface area contributed by atoms with Gasteiger partial charge in [0.2, 0.25) is 5.91 Å². The maximum Gasteiger partial charge on any atom is 0.251 e. The predicted octanol–water partition coefficient (Wildman–Crippen LogP) is 1.94. The van der Waals surface area contributed by atoms with Gasteiger partial charge in [0.25, 0.3) is 5.91 Å². The number of carbonyl (C=O) groups is 2. The average molecular weight is 295 g/mol. The van der Waals surface area contributed by atoms with E-state index in [2.05, 4.69) is 12.2 Å². The summed E-state index contributed by atoms with van der Waals surface area (Å²) in [6, 6.07) is 1.63. The van der Waals surface area contributed by atoms with Crippen LogP contribution >= 0.6 is 11.3 Å². The van der Waals surface area contributed by atoms with Crippen molar-refractivity contribution in [3.8, 4) is 0 Å². The minimum Gasteiger partial charge on any atom is -0.366 e. The van der Waals surface area contributed by atoms with Crippen LogP contribution in [0.25, 0.3) is 0 Å². The van der Waals surface area contributed by atoms with Crippen LogP contribution in [0.5, 0.6) is 0 Å². The summed E-state index contributed by atoms with van der Waals surface area (Å²) in [5, 5.41) is 5.11. The van der Waals surface area contributed by atoms with Crippen molar-refractivity contribution < 1.29 is 9.59 Å². The molecule has 110 valence electrons. The smallest absolute Gasteiger partial charge is 0.251 e. The Bertz CT molecular complexity index is 504. The number of carbonyl (C=O) groups excluding carboxylic acids is 2. The summed E-state index contributed by atoms with van der Waals surface area (Å²) < 4.78 is 0. The third-order valence-corrected chi connectivity index (χ3v) is 5.09. The van der Waals surface area contributed by atoms with E-state index in [0.717, 1.165) is 25.7 Å². The molecule has 0 aliphatic heterocycles. The van der Waals surface area contributed by atoms with Crippen molar-refractivity contribution in [3.63, 3.8) is 0 Å². The van der Waals surface area contributed by atoms with E-state index >= 15 is 0 Å². The zero-order valence-electron chi connectivity index (χ0n) is 11.6. The Labute approximate surface area is 122 Å². The lowest BCUT2D eigenvalue weighted by atomic mass is 9.70. The van der Waals surface area contributed by atoms with Crippen LogP contribution in [0.1, 0.15) is 43.0 Å². The minimum absolute atomic E-state index is 0.0862. The van der Waals surface area contributed by atoms with Crippen LogP contribution in [-0.2, 0) is 4.79 Å². The molecule has 1 fully saturated rings. The number of anilines is 1. The van der Waals surface area contributed by atoms with Crippen LogP contribution in [0, 0.1) is 11.3 Å². The quantitative estimate of drug-likeness (QED) is 0.791. The molecule has 0 unspecified atom stereocenters. The molecule has 0 radical (unpaired) electrons. The minimum atomic E-state index is -0.527. The first-order chi connectivity index (χ1) is 9.48. The summed E-state index contributed by atoms with van der Waals surface area (Å²) in [6.07, 6.45) is 3.62. The number of hydrogen-bond acceptors (Lipinski definition) is 4. The maximum atomic E-state index is 12.6. The fourth-order valence-corrected chi connectivity index (χ4v) is 3.46. The zero-order valence-corrected chi connectivity index (χ0v) is 12.5. The molecule has 6 heteroatoms. The number of primary amides is 1. The van der Waals surface area contributed by atoms with Gasteiger partial charge in [-0.2, -0.15) is 0 Å². The van der Waals surface area contributed by atoms with E-state index < -0.39 is 11.3 Å². The van der Waals surface area contributed by atoms with Crippen molar-refractivity contribution in [3.05, 3.63) is 17.0 Å².